The summed E-state index contributed by atoms with van der Waals surface area (Å²) in [5.41, 5.74) is 2.17. The van der Waals surface area contributed by atoms with Crippen LogP contribution < -0.4 is 4.90 Å². The number of hydrogen-bond donors (Lipinski definition) is 0. The summed E-state index contributed by atoms with van der Waals surface area (Å²) in [4.78, 5) is 8.12. The molecule has 0 N–H and O–H groups in total. The van der Waals surface area contributed by atoms with Crippen molar-refractivity contribution < 1.29 is 0 Å². The maximum absolute atomic E-state index is 4.20. The summed E-state index contributed by atoms with van der Waals surface area (Å²) in [5.74, 6) is 0. The second-order valence-electron chi connectivity index (χ2n) is 4.53. The monoisotopic (exact) mass is 291 g/mol. The Morgan fingerprint density at radius 1 is 1.10 bits per heavy atom. The van der Waals surface area contributed by atoms with E-state index >= 15 is 0 Å². The fourth-order valence-corrected chi connectivity index (χ4v) is 1.57. The first kappa shape index (κ1) is 16.2. The Hall–Kier alpha value is -1.82. The van der Waals surface area contributed by atoms with Gasteiger partial charge in [0.1, 0.15) is 0 Å². The molecule has 0 saturated heterocycles. The zero-order valence-corrected chi connectivity index (χ0v) is 13.4. The number of benzene rings is 1. The van der Waals surface area contributed by atoms with Crippen LogP contribution in [-0.2, 0) is 0 Å². The van der Waals surface area contributed by atoms with Gasteiger partial charge in [0, 0.05) is 33.9 Å². The van der Waals surface area contributed by atoms with E-state index in [1.54, 1.807) is 12.6 Å². The van der Waals surface area contributed by atoms with E-state index in [-0.39, 0.29) is 0 Å². The Morgan fingerprint density at radius 2 is 1.75 bits per heavy atom. The Kier molecular flexibility index (Phi) is 6.79. The molecule has 0 aliphatic heterocycles. The van der Waals surface area contributed by atoms with Gasteiger partial charge in [-0.05, 0) is 24.0 Å². The highest BCUT2D eigenvalue weighted by Crippen LogP contribution is 2.11. The highest BCUT2D eigenvalue weighted by atomic mass is 32.2. The fraction of sp³-hybridized carbons (Fsp3) is 0.357. The third kappa shape index (κ3) is 5.88. The van der Waals surface area contributed by atoms with Crippen LogP contribution in [0.3, 0.4) is 0 Å². The van der Waals surface area contributed by atoms with Crippen molar-refractivity contribution in [2.45, 2.75) is 0 Å². The van der Waals surface area contributed by atoms with Crippen molar-refractivity contribution in [1.82, 2.24) is 4.90 Å². The van der Waals surface area contributed by atoms with Crippen molar-refractivity contribution in [1.29, 1.82) is 0 Å². The van der Waals surface area contributed by atoms with Crippen LogP contribution in [0.4, 0.5) is 5.69 Å². The van der Waals surface area contributed by atoms with Crippen LogP contribution in [0.1, 0.15) is 5.56 Å². The van der Waals surface area contributed by atoms with Gasteiger partial charge >= 0.3 is 0 Å². The van der Waals surface area contributed by atoms with Crippen LogP contribution in [0.15, 0.2) is 39.5 Å². The molecule has 1 aromatic rings. The van der Waals surface area contributed by atoms with E-state index in [2.05, 4.69) is 20.1 Å². The summed E-state index contributed by atoms with van der Waals surface area (Å²) < 4.78 is 0. The molecule has 0 bridgehead atoms. The molecule has 20 heavy (non-hydrogen) atoms. The first-order valence-corrected chi connectivity index (χ1v) is 7.38. The molecule has 108 valence electrons. The second-order valence-corrected chi connectivity index (χ2v) is 5.30. The van der Waals surface area contributed by atoms with Gasteiger partial charge in [0.2, 0.25) is 5.17 Å². The lowest BCUT2D eigenvalue weighted by molar-refractivity contribution is 0.644. The first-order chi connectivity index (χ1) is 9.52. The number of thioether (sulfide) groups is 1. The molecule has 0 spiro atoms. The molecular weight excluding hydrogens is 270 g/mol. The lowest BCUT2D eigenvalue weighted by Gasteiger charge is -2.11. The van der Waals surface area contributed by atoms with Crippen LogP contribution in [0.5, 0.6) is 0 Å². The van der Waals surface area contributed by atoms with E-state index in [0.29, 0.717) is 5.17 Å². The second kappa shape index (κ2) is 8.37. The van der Waals surface area contributed by atoms with Gasteiger partial charge in [0.25, 0.3) is 0 Å². The van der Waals surface area contributed by atoms with Gasteiger partial charge in [-0.3, -0.25) is 0 Å². The van der Waals surface area contributed by atoms with E-state index in [0.717, 1.165) is 11.3 Å². The highest BCUT2D eigenvalue weighted by Gasteiger charge is 1.94. The predicted octanol–water partition coefficient (Wildman–Crippen LogP) is 2.40. The highest BCUT2D eigenvalue weighted by molar-refractivity contribution is 8.13. The van der Waals surface area contributed by atoms with Crippen LogP contribution >= 0.6 is 11.8 Å². The standard InChI is InChI=1S/C14H21N5S/c1-18(2)11-15-14(20-5)17-16-10-12-6-8-13(9-7-12)19(3)4/h6-11H,1-5H3/b15-11+,16-10+,17-14+. The Balaban J connectivity index is 2.71. The molecule has 0 saturated carbocycles. The van der Waals surface area contributed by atoms with Crippen molar-refractivity contribution in [2.24, 2.45) is 15.2 Å². The van der Waals surface area contributed by atoms with E-state index in [1.165, 1.54) is 11.8 Å². The zero-order chi connectivity index (χ0) is 15.0. The van der Waals surface area contributed by atoms with Gasteiger partial charge in [-0.1, -0.05) is 23.9 Å². The number of aliphatic imine (C=N–C) groups is 1. The number of nitrogens with zero attached hydrogens (tertiary/aromatic N) is 5. The molecule has 1 rings (SSSR count). The summed E-state index contributed by atoms with van der Waals surface area (Å²) in [6.45, 7) is 0. The molecule has 0 aliphatic carbocycles. The van der Waals surface area contributed by atoms with Crippen molar-refractivity contribution in [3.05, 3.63) is 29.8 Å². The molecule has 0 unspecified atom stereocenters. The molecule has 0 atom stereocenters. The summed E-state index contributed by atoms with van der Waals surface area (Å²) in [5, 5.41) is 8.77. The molecule has 1 aromatic carbocycles. The molecule has 0 aromatic heterocycles. The van der Waals surface area contributed by atoms with Crippen LogP contribution in [-0.4, -0.2) is 57.1 Å². The van der Waals surface area contributed by atoms with Crippen LogP contribution in [0, 0.1) is 0 Å². The zero-order valence-electron chi connectivity index (χ0n) is 12.6. The van der Waals surface area contributed by atoms with Crippen molar-refractivity contribution in [3.63, 3.8) is 0 Å². The third-order valence-corrected chi connectivity index (χ3v) is 2.89. The number of hydrogen-bond acceptors (Lipinski definition) is 4. The lowest BCUT2D eigenvalue weighted by atomic mass is 10.2. The SMILES string of the molecule is CSC(/N=C/N(C)C)=N/N=C/c1ccc(N(C)C)cc1. The van der Waals surface area contributed by atoms with E-state index in [4.69, 9.17) is 0 Å². The lowest BCUT2D eigenvalue weighted by Crippen LogP contribution is -2.08. The molecule has 5 nitrogen and oxygen atoms in total. The van der Waals surface area contributed by atoms with Gasteiger partial charge in [-0.2, -0.15) is 5.10 Å². The molecule has 0 fully saturated rings. The topological polar surface area (TPSA) is 43.6 Å². The summed E-state index contributed by atoms with van der Waals surface area (Å²) >= 11 is 1.46. The average Bonchev–Trinajstić information content (AvgIpc) is 2.42. The Morgan fingerprint density at radius 3 is 2.25 bits per heavy atom. The fourth-order valence-electron chi connectivity index (χ4n) is 1.29. The molecule has 6 heteroatoms. The quantitative estimate of drug-likeness (QED) is 0.486. The van der Waals surface area contributed by atoms with Gasteiger partial charge in [-0.15, -0.1) is 5.10 Å². The van der Waals surface area contributed by atoms with Crippen LogP contribution in [0.25, 0.3) is 0 Å². The van der Waals surface area contributed by atoms with E-state index in [9.17, 15) is 0 Å². The summed E-state index contributed by atoms with van der Waals surface area (Å²) in [6, 6.07) is 8.11. The maximum atomic E-state index is 4.20. The minimum Gasteiger partial charge on any atom is -0.378 e. The van der Waals surface area contributed by atoms with Gasteiger partial charge < -0.3 is 9.80 Å². The Bertz CT molecular complexity index is 489. The summed E-state index contributed by atoms with van der Waals surface area (Å²) in [6.07, 6.45) is 5.35. The van der Waals surface area contributed by atoms with Crippen molar-refractivity contribution in [2.75, 3.05) is 39.3 Å². The minimum atomic E-state index is 0.625. The number of rotatable bonds is 4. The average molecular weight is 291 g/mol. The van der Waals surface area contributed by atoms with E-state index < -0.39 is 0 Å². The van der Waals surface area contributed by atoms with Gasteiger partial charge in [0.05, 0.1) is 12.6 Å². The molecule has 0 aliphatic rings. The van der Waals surface area contributed by atoms with Crippen LogP contribution in [0.2, 0.25) is 0 Å². The largest absolute Gasteiger partial charge is 0.378 e. The van der Waals surface area contributed by atoms with E-state index in [1.807, 2.05) is 63.6 Å². The minimum absolute atomic E-state index is 0.625. The Labute approximate surface area is 125 Å². The van der Waals surface area contributed by atoms with Crippen molar-refractivity contribution in [3.8, 4) is 0 Å². The molecular formula is C14H21N5S. The number of amidine groups is 1. The third-order valence-electron chi connectivity index (χ3n) is 2.34. The molecule has 0 radical (unpaired) electrons. The summed E-state index contributed by atoms with van der Waals surface area (Å²) in [7, 11) is 7.86. The van der Waals surface area contributed by atoms with Gasteiger partial charge in [-0.25, -0.2) is 4.99 Å². The molecule has 0 heterocycles. The molecule has 0 amide bonds. The number of anilines is 1. The predicted molar refractivity (Wildman–Crippen MR) is 91.5 cm³/mol. The van der Waals surface area contributed by atoms with Crippen molar-refractivity contribution >= 4 is 35.2 Å². The first-order valence-electron chi connectivity index (χ1n) is 6.16. The normalized spacial score (nSPS) is 12.3. The van der Waals surface area contributed by atoms with Gasteiger partial charge in [0.15, 0.2) is 0 Å². The smallest absolute Gasteiger partial charge is 0.210 e. The maximum Gasteiger partial charge on any atom is 0.210 e.